The third-order valence-corrected chi connectivity index (χ3v) is 4.15. The molecule has 0 spiro atoms. The maximum absolute atomic E-state index is 13.1. The Kier molecular flexibility index (Phi) is 4.36. The molecular formula is C19H12FN5O4. The second-order valence-electron chi connectivity index (χ2n) is 6.09. The Bertz CT molecular complexity index is 1250. The van der Waals surface area contributed by atoms with Crippen LogP contribution >= 0.6 is 0 Å². The predicted molar refractivity (Wildman–Crippen MR) is 101 cm³/mol. The molecule has 2 aromatic carbocycles. The van der Waals surface area contributed by atoms with E-state index >= 15 is 0 Å². The van der Waals surface area contributed by atoms with Crippen molar-refractivity contribution < 1.29 is 19.2 Å². The summed E-state index contributed by atoms with van der Waals surface area (Å²) in [5, 5.41) is 27.5. The second-order valence-corrected chi connectivity index (χ2v) is 6.09. The zero-order chi connectivity index (χ0) is 20.5. The Balaban J connectivity index is 1.62. The summed E-state index contributed by atoms with van der Waals surface area (Å²) in [6.07, 6.45) is 2.74. The van der Waals surface area contributed by atoms with E-state index in [4.69, 9.17) is 0 Å². The van der Waals surface area contributed by atoms with Gasteiger partial charge in [-0.2, -0.15) is 5.10 Å². The number of phenols is 1. The average molecular weight is 393 g/mol. The fourth-order valence-corrected chi connectivity index (χ4v) is 2.69. The fraction of sp³-hybridized carbons (Fsp3) is 0. The summed E-state index contributed by atoms with van der Waals surface area (Å²) in [4.78, 5) is 26.9. The lowest BCUT2D eigenvalue weighted by molar-refractivity contribution is -0.384. The lowest BCUT2D eigenvalue weighted by atomic mass is 10.1. The summed E-state index contributed by atoms with van der Waals surface area (Å²) in [5.74, 6) is -1.30. The van der Waals surface area contributed by atoms with Gasteiger partial charge in [0.25, 0.3) is 11.6 Å². The molecule has 0 saturated heterocycles. The van der Waals surface area contributed by atoms with Crippen LogP contribution in [0.25, 0.3) is 16.9 Å². The molecule has 0 aliphatic carbocycles. The smallest absolute Gasteiger partial charge is 0.271 e. The topological polar surface area (TPSA) is 123 Å². The van der Waals surface area contributed by atoms with Crippen LogP contribution in [0.4, 0.5) is 15.8 Å². The van der Waals surface area contributed by atoms with Crippen molar-refractivity contribution in [3.8, 4) is 17.0 Å². The minimum atomic E-state index is -0.635. The number of rotatable bonds is 4. The van der Waals surface area contributed by atoms with Crippen LogP contribution in [-0.4, -0.2) is 30.5 Å². The van der Waals surface area contributed by atoms with Gasteiger partial charge in [-0.15, -0.1) is 0 Å². The van der Waals surface area contributed by atoms with E-state index in [2.05, 4.69) is 15.4 Å². The molecular weight excluding hydrogens is 381 g/mol. The molecule has 0 aliphatic heterocycles. The van der Waals surface area contributed by atoms with E-state index < -0.39 is 10.8 Å². The van der Waals surface area contributed by atoms with Crippen LogP contribution in [0.1, 0.15) is 10.4 Å². The number of non-ortho nitro benzene ring substituents is 1. The molecule has 4 aromatic rings. The Labute approximate surface area is 162 Å². The van der Waals surface area contributed by atoms with Crippen LogP contribution in [0.5, 0.6) is 5.75 Å². The number of hydrogen-bond acceptors (Lipinski definition) is 6. The molecule has 0 atom stereocenters. The van der Waals surface area contributed by atoms with E-state index in [1.54, 1.807) is 18.2 Å². The van der Waals surface area contributed by atoms with Crippen molar-refractivity contribution in [3.05, 3.63) is 82.4 Å². The van der Waals surface area contributed by atoms with E-state index in [-0.39, 0.29) is 28.5 Å². The Morgan fingerprint density at radius 1 is 1.17 bits per heavy atom. The van der Waals surface area contributed by atoms with Gasteiger partial charge in [-0.05, 0) is 30.3 Å². The summed E-state index contributed by atoms with van der Waals surface area (Å²) in [6, 6.07) is 10.8. The molecule has 2 N–H and O–H groups in total. The van der Waals surface area contributed by atoms with Crippen molar-refractivity contribution in [1.82, 2.24) is 14.6 Å². The molecule has 0 radical (unpaired) electrons. The number of aromatic nitrogens is 3. The van der Waals surface area contributed by atoms with Gasteiger partial charge in [-0.1, -0.05) is 0 Å². The van der Waals surface area contributed by atoms with Gasteiger partial charge in [-0.25, -0.2) is 13.9 Å². The number of benzene rings is 2. The van der Waals surface area contributed by atoms with Gasteiger partial charge in [0.05, 0.1) is 21.9 Å². The first-order chi connectivity index (χ1) is 13.9. The third kappa shape index (κ3) is 3.58. The predicted octanol–water partition coefficient (Wildman–Crippen LogP) is 3.40. The van der Waals surface area contributed by atoms with E-state index in [9.17, 15) is 24.4 Å². The minimum absolute atomic E-state index is 0.100. The van der Waals surface area contributed by atoms with Crippen molar-refractivity contribution in [2.75, 3.05) is 5.32 Å². The molecule has 9 nitrogen and oxygen atoms in total. The van der Waals surface area contributed by atoms with Crippen LogP contribution in [0.3, 0.4) is 0 Å². The van der Waals surface area contributed by atoms with Gasteiger partial charge < -0.3 is 10.4 Å². The molecule has 10 heteroatoms. The Hall–Kier alpha value is -4.34. The highest BCUT2D eigenvalue weighted by Crippen LogP contribution is 2.28. The van der Waals surface area contributed by atoms with Gasteiger partial charge in [0.15, 0.2) is 5.65 Å². The first kappa shape index (κ1) is 18.0. The number of aromatic hydroxyl groups is 1. The largest absolute Gasteiger partial charge is 0.506 e. The van der Waals surface area contributed by atoms with Gasteiger partial charge in [0.2, 0.25) is 0 Å². The van der Waals surface area contributed by atoms with Crippen LogP contribution < -0.4 is 5.32 Å². The van der Waals surface area contributed by atoms with Gasteiger partial charge in [-0.3, -0.25) is 14.9 Å². The molecule has 29 heavy (non-hydrogen) atoms. The van der Waals surface area contributed by atoms with E-state index in [1.807, 2.05) is 0 Å². The standard InChI is InChI=1S/C19H12FN5O4/c20-13-3-1-11(2-4-13)15-8-18-21-9-12(10-24(18)23-15)19(27)22-16-7-14(25(28)29)5-6-17(16)26/h1-10,26H,(H,22,27). The van der Waals surface area contributed by atoms with Crippen LogP contribution in [-0.2, 0) is 0 Å². The lowest BCUT2D eigenvalue weighted by Crippen LogP contribution is -2.13. The van der Waals surface area contributed by atoms with Crippen molar-refractivity contribution in [2.24, 2.45) is 0 Å². The van der Waals surface area contributed by atoms with Crippen molar-refractivity contribution in [2.45, 2.75) is 0 Å². The number of hydrogen-bond donors (Lipinski definition) is 2. The summed E-state index contributed by atoms with van der Waals surface area (Å²) in [6.45, 7) is 0. The first-order valence-corrected chi connectivity index (χ1v) is 8.31. The van der Waals surface area contributed by atoms with Crippen LogP contribution in [0.2, 0.25) is 0 Å². The number of nitrogens with one attached hydrogen (secondary N) is 1. The SMILES string of the molecule is O=C(Nc1cc([N+](=O)[O-])ccc1O)c1cnc2cc(-c3ccc(F)cc3)nn2c1. The van der Waals surface area contributed by atoms with Crippen molar-refractivity contribution in [3.63, 3.8) is 0 Å². The second kappa shape index (κ2) is 7.00. The van der Waals surface area contributed by atoms with Crippen LogP contribution in [0, 0.1) is 15.9 Å². The number of carbonyl (C=O) groups is 1. The number of halogens is 1. The molecule has 0 unspecified atom stereocenters. The van der Waals surface area contributed by atoms with Gasteiger partial charge >= 0.3 is 0 Å². The summed E-state index contributed by atoms with van der Waals surface area (Å²) >= 11 is 0. The maximum Gasteiger partial charge on any atom is 0.271 e. The zero-order valence-electron chi connectivity index (χ0n) is 14.6. The van der Waals surface area contributed by atoms with Crippen LogP contribution in [0.15, 0.2) is 60.9 Å². The van der Waals surface area contributed by atoms with Gasteiger partial charge in [0, 0.05) is 36.2 Å². The van der Waals surface area contributed by atoms with Gasteiger partial charge in [0.1, 0.15) is 11.6 Å². The third-order valence-electron chi connectivity index (χ3n) is 4.15. The minimum Gasteiger partial charge on any atom is -0.506 e. The highest BCUT2D eigenvalue weighted by atomic mass is 19.1. The number of carbonyl (C=O) groups excluding carboxylic acids is 1. The van der Waals surface area contributed by atoms with E-state index in [1.165, 1.54) is 29.0 Å². The molecule has 0 fully saturated rings. The number of fused-ring (bicyclic) bond motifs is 1. The summed E-state index contributed by atoms with van der Waals surface area (Å²) in [7, 11) is 0. The monoisotopic (exact) mass is 393 g/mol. The van der Waals surface area contributed by atoms with E-state index in [0.717, 1.165) is 18.2 Å². The lowest BCUT2D eigenvalue weighted by Gasteiger charge is -2.07. The normalized spacial score (nSPS) is 10.8. The Morgan fingerprint density at radius 3 is 2.66 bits per heavy atom. The first-order valence-electron chi connectivity index (χ1n) is 8.31. The maximum atomic E-state index is 13.1. The summed E-state index contributed by atoms with van der Waals surface area (Å²) in [5.41, 5.74) is 1.45. The molecule has 0 saturated carbocycles. The van der Waals surface area contributed by atoms with Crippen molar-refractivity contribution >= 4 is 22.9 Å². The fourth-order valence-electron chi connectivity index (χ4n) is 2.69. The molecule has 4 rings (SSSR count). The molecule has 2 heterocycles. The number of amides is 1. The molecule has 0 bridgehead atoms. The number of nitrogens with zero attached hydrogens (tertiary/aromatic N) is 4. The van der Waals surface area contributed by atoms with Crippen molar-refractivity contribution in [1.29, 1.82) is 0 Å². The number of nitro benzene ring substituents is 1. The molecule has 144 valence electrons. The average Bonchev–Trinajstić information content (AvgIpc) is 3.13. The number of anilines is 1. The molecule has 2 aromatic heterocycles. The molecule has 0 aliphatic rings. The summed E-state index contributed by atoms with van der Waals surface area (Å²) < 4.78 is 14.5. The number of phenolic OH excluding ortho intramolecular Hbond substituents is 1. The van der Waals surface area contributed by atoms with E-state index in [0.29, 0.717) is 16.9 Å². The Morgan fingerprint density at radius 2 is 1.93 bits per heavy atom. The quantitative estimate of drug-likeness (QED) is 0.311. The number of nitro groups is 1. The highest BCUT2D eigenvalue weighted by molar-refractivity contribution is 6.04. The zero-order valence-corrected chi connectivity index (χ0v) is 14.6. The highest BCUT2D eigenvalue weighted by Gasteiger charge is 2.15. The molecule has 1 amide bonds.